The van der Waals surface area contributed by atoms with E-state index in [0.717, 1.165) is 31.6 Å². The topological polar surface area (TPSA) is 82.1 Å². The van der Waals surface area contributed by atoms with Gasteiger partial charge >= 0.3 is 0 Å². The average Bonchev–Trinajstić information content (AvgIpc) is 2.86. The van der Waals surface area contributed by atoms with Crippen LogP contribution in [0.3, 0.4) is 0 Å². The second kappa shape index (κ2) is 6.12. The summed E-state index contributed by atoms with van der Waals surface area (Å²) in [6.07, 6.45) is 1.85. The number of benzene rings is 1. The van der Waals surface area contributed by atoms with Gasteiger partial charge in [-0.2, -0.15) is 0 Å². The Balaban J connectivity index is 2.25. The molecule has 0 radical (unpaired) electrons. The van der Waals surface area contributed by atoms with Crippen LogP contribution in [-0.2, 0) is 0 Å². The van der Waals surface area contributed by atoms with E-state index in [2.05, 4.69) is 10.1 Å². The summed E-state index contributed by atoms with van der Waals surface area (Å²) in [5.74, 6) is 0.545. The lowest BCUT2D eigenvalue weighted by Gasteiger charge is -2.22. The highest BCUT2D eigenvalue weighted by Gasteiger charge is 2.24. The Morgan fingerprint density at radius 2 is 2.32 bits per heavy atom. The summed E-state index contributed by atoms with van der Waals surface area (Å²) < 4.78 is 0. The number of aliphatic hydroxyl groups excluding tert-OH is 1. The molecular weight excluding hydrogens is 266 g/mol. The molecule has 2 rings (SSSR count). The van der Waals surface area contributed by atoms with E-state index in [1.54, 1.807) is 12.1 Å². The van der Waals surface area contributed by atoms with Crippen LogP contribution >= 0.6 is 11.6 Å². The third kappa shape index (κ3) is 3.11. The first kappa shape index (κ1) is 14.0. The first-order valence-electron chi connectivity index (χ1n) is 6.29. The Bertz CT molecular complexity index is 479. The fraction of sp³-hybridized carbons (Fsp3) is 0.462. The third-order valence-corrected chi connectivity index (χ3v) is 3.74. The molecule has 0 aliphatic carbocycles. The van der Waals surface area contributed by atoms with Gasteiger partial charge in [-0.05, 0) is 37.0 Å². The highest BCUT2D eigenvalue weighted by atomic mass is 35.5. The van der Waals surface area contributed by atoms with Crippen LogP contribution in [0.15, 0.2) is 23.4 Å². The summed E-state index contributed by atoms with van der Waals surface area (Å²) in [6, 6.07) is 5.38. The number of nitrogens with two attached hydrogens (primary N) is 1. The van der Waals surface area contributed by atoms with Gasteiger partial charge in [0.2, 0.25) is 0 Å². The molecular formula is C13H18ClN3O2. The van der Waals surface area contributed by atoms with Crippen molar-refractivity contribution in [2.24, 2.45) is 16.8 Å². The molecule has 0 aromatic heterocycles. The molecule has 1 saturated heterocycles. The van der Waals surface area contributed by atoms with Gasteiger partial charge in [0, 0.05) is 36.0 Å². The summed E-state index contributed by atoms with van der Waals surface area (Å²) in [5.41, 5.74) is 7.25. The maximum Gasteiger partial charge on any atom is 0.172 e. The molecule has 19 heavy (non-hydrogen) atoms. The summed E-state index contributed by atoms with van der Waals surface area (Å²) in [7, 11) is 0. The second-order valence-electron chi connectivity index (χ2n) is 4.76. The van der Waals surface area contributed by atoms with Gasteiger partial charge in [-0.15, -0.1) is 0 Å². The second-order valence-corrected chi connectivity index (χ2v) is 5.20. The van der Waals surface area contributed by atoms with Crippen LogP contribution in [0, 0.1) is 5.92 Å². The number of nitrogens with zero attached hydrogens (tertiary/aromatic N) is 2. The number of hydrogen-bond acceptors (Lipinski definition) is 4. The largest absolute Gasteiger partial charge is 0.409 e. The fourth-order valence-corrected chi connectivity index (χ4v) is 2.68. The van der Waals surface area contributed by atoms with Gasteiger partial charge in [0.15, 0.2) is 5.84 Å². The highest BCUT2D eigenvalue weighted by Crippen LogP contribution is 2.30. The van der Waals surface area contributed by atoms with Crippen molar-refractivity contribution in [2.75, 3.05) is 24.6 Å². The van der Waals surface area contributed by atoms with Crippen molar-refractivity contribution in [1.29, 1.82) is 0 Å². The van der Waals surface area contributed by atoms with Crippen molar-refractivity contribution in [3.63, 3.8) is 0 Å². The normalized spacial score (nSPS) is 20.0. The molecule has 1 aliphatic rings. The van der Waals surface area contributed by atoms with Crippen molar-refractivity contribution in [1.82, 2.24) is 0 Å². The molecule has 1 fully saturated rings. The van der Waals surface area contributed by atoms with E-state index in [9.17, 15) is 0 Å². The van der Waals surface area contributed by atoms with Gasteiger partial charge in [-0.1, -0.05) is 16.8 Å². The number of oxime groups is 1. The van der Waals surface area contributed by atoms with Crippen molar-refractivity contribution in [3.8, 4) is 0 Å². The Labute approximate surface area is 117 Å². The predicted octanol–water partition coefficient (Wildman–Crippen LogP) is 1.64. The molecule has 0 amide bonds. The van der Waals surface area contributed by atoms with Gasteiger partial charge in [0.25, 0.3) is 0 Å². The van der Waals surface area contributed by atoms with Gasteiger partial charge in [-0.25, -0.2) is 0 Å². The zero-order valence-electron chi connectivity index (χ0n) is 10.6. The van der Waals surface area contributed by atoms with E-state index in [1.165, 1.54) is 0 Å². The van der Waals surface area contributed by atoms with E-state index in [-0.39, 0.29) is 12.4 Å². The van der Waals surface area contributed by atoms with Crippen LogP contribution in [0.1, 0.15) is 18.4 Å². The van der Waals surface area contributed by atoms with Crippen molar-refractivity contribution in [3.05, 3.63) is 28.8 Å². The molecule has 5 nitrogen and oxygen atoms in total. The SMILES string of the molecule is N/C(=N/O)c1cc(Cl)ccc1N1CCC(CCO)C1. The first-order chi connectivity index (χ1) is 9.15. The Morgan fingerprint density at radius 3 is 3.00 bits per heavy atom. The number of anilines is 1. The lowest BCUT2D eigenvalue weighted by Crippen LogP contribution is -2.24. The van der Waals surface area contributed by atoms with E-state index in [0.29, 0.717) is 16.5 Å². The molecule has 1 atom stereocenters. The number of amidine groups is 1. The summed E-state index contributed by atoms with van der Waals surface area (Å²) in [5, 5.41) is 21.5. The van der Waals surface area contributed by atoms with Gasteiger partial charge in [0.1, 0.15) is 0 Å². The molecule has 1 aromatic rings. The zero-order chi connectivity index (χ0) is 13.8. The third-order valence-electron chi connectivity index (χ3n) is 3.51. The fourth-order valence-electron chi connectivity index (χ4n) is 2.51. The van der Waals surface area contributed by atoms with Gasteiger partial charge < -0.3 is 20.9 Å². The maximum atomic E-state index is 8.99. The number of rotatable bonds is 4. The van der Waals surface area contributed by atoms with Crippen molar-refractivity contribution in [2.45, 2.75) is 12.8 Å². The Morgan fingerprint density at radius 1 is 1.53 bits per heavy atom. The lowest BCUT2D eigenvalue weighted by molar-refractivity contribution is 0.263. The molecule has 1 heterocycles. The standard InChI is InChI=1S/C13H18ClN3O2/c14-10-1-2-12(11(7-10)13(15)16-19)17-5-3-9(8-17)4-6-18/h1-2,7,9,18-19H,3-6,8H2,(H2,15,16). The predicted molar refractivity (Wildman–Crippen MR) is 76.0 cm³/mol. The van der Waals surface area contributed by atoms with E-state index in [1.807, 2.05) is 6.07 Å². The van der Waals surface area contributed by atoms with Crippen LogP contribution in [0.5, 0.6) is 0 Å². The minimum Gasteiger partial charge on any atom is -0.409 e. The summed E-state index contributed by atoms with van der Waals surface area (Å²) >= 11 is 5.96. The highest BCUT2D eigenvalue weighted by molar-refractivity contribution is 6.31. The molecule has 6 heteroatoms. The van der Waals surface area contributed by atoms with Crippen molar-refractivity contribution >= 4 is 23.1 Å². The average molecular weight is 284 g/mol. The monoisotopic (exact) mass is 283 g/mol. The molecule has 0 saturated carbocycles. The molecule has 0 spiro atoms. The first-order valence-corrected chi connectivity index (χ1v) is 6.66. The molecule has 4 N–H and O–H groups in total. The molecule has 1 aliphatic heterocycles. The van der Waals surface area contributed by atoms with Crippen LogP contribution in [0.4, 0.5) is 5.69 Å². The summed E-state index contributed by atoms with van der Waals surface area (Å²) in [4.78, 5) is 2.18. The van der Waals surface area contributed by atoms with Crippen molar-refractivity contribution < 1.29 is 10.3 Å². The smallest absolute Gasteiger partial charge is 0.172 e. The molecule has 104 valence electrons. The number of halogens is 1. The Hall–Kier alpha value is -1.46. The van der Waals surface area contributed by atoms with Crippen LogP contribution in [0.25, 0.3) is 0 Å². The van der Waals surface area contributed by atoms with E-state index >= 15 is 0 Å². The van der Waals surface area contributed by atoms with E-state index < -0.39 is 0 Å². The zero-order valence-corrected chi connectivity index (χ0v) is 11.3. The summed E-state index contributed by atoms with van der Waals surface area (Å²) in [6.45, 7) is 1.98. The lowest BCUT2D eigenvalue weighted by atomic mass is 10.1. The number of aliphatic hydroxyl groups is 1. The van der Waals surface area contributed by atoms with Gasteiger partial charge in [-0.3, -0.25) is 0 Å². The van der Waals surface area contributed by atoms with Crippen LogP contribution < -0.4 is 10.6 Å². The van der Waals surface area contributed by atoms with Gasteiger partial charge in [0.05, 0.1) is 0 Å². The van der Waals surface area contributed by atoms with Crippen LogP contribution in [-0.4, -0.2) is 35.8 Å². The molecule has 1 unspecified atom stereocenters. The quantitative estimate of drug-likeness (QED) is 0.340. The maximum absolute atomic E-state index is 8.99. The number of hydrogen-bond donors (Lipinski definition) is 3. The minimum absolute atomic E-state index is 0.0584. The van der Waals surface area contributed by atoms with Crippen LogP contribution in [0.2, 0.25) is 5.02 Å². The Kier molecular flexibility index (Phi) is 4.50. The molecule has 0 bridgehead atoms. The van der Waals surface area contributed by atoms with E-state index in [4.69, 9.17) is 27.6 Å². The molecule has 1 aromatic carbocycles. The minimum atomic E-state index is 0.0584.